The molecule has 1 aliphatic rings. The van der Waals surface area contributed by atoms with Gasteiger partial charge in [0, 0.05) is 12.4 Å². The highest BCUT2D eigenvalue weighted by atomic mass is 14.8. The van der Waals surface area contributed by atoms with Crippen molar-refractivity contribution in [3.05, 3.63) is 18.7 Å². The van der Waals surface area contributed by atoms with Crippen molar-refractivity contribution in [2.45, 2.75) is 117 Å². The van der Waals surface area contributed by atoms with Crippen LogP contribution in [0.15, 0.2) is 18.7 Å². The number of nitrogens with zero attached hydrogens (tertiary/aromatic N) is 1. The van der Waals surface area contributed by atoms with E-state index >= 15 is 0 Å². The van der Waals surface area contributed by atoms with Crippen LogP contribution in [0.4, 0.5) is 0 Å². The van der Waals surface area contributed by atoms with Gasteiger partial charge in [0.25, 0.3) is 0 Å². The first kappa shape index (κ1) is 34.8. The van der Waals surface area contributed by atoms with Crippen LogP contribution in [0.5, 0.6) is 0 Å². The normalized spacial score (nSPS) is 20.0. The van der Waals surface area contributed by atoms with Crippen molar-refractivity contribution < 1.29 is 0 Å². The quantitative estimate of drug-likeness (QED) is 0.499. The third kappa shape index (κ3) is 27.2. The van der Waals surface area contributed by atoms with Crippen molar-refractivity contribution in [2.75, 3.05) is 0 Å². The number of aromatic nitrogens is 2. The molecule has 0 saturated heterocycles. The number of rotatable bonds is 3. The van der Waals surface area contributed by atoms with E-state index in [1.54, 1.807) is 18.7 Å². The van der Waals surface area contributed by atoms with Gasteiger partial charge in [-0.05, 0) is 66.1 Å². The molecule has 0 amide bonds. The lowest BCUT2D eigenvalue weighted by atomic mass is 9.80. The van der Waals surface area contributed by atoms with E-state index in [1.165, 1.54) is 12.8 Å². The Balaban J connectivity index is -0.000000378. The monoisotopic (exact) mass is 438 g/mol. The zero-order valence-electron chi connectivity index (χ0n) is 24.3. The van der Waals surface area contributed by atoms with Gasteiger partial charge in [-0.25, -0.2) is 4.98 Å². The van der Waals surface area contributed by atoms with E-state index in [4.69, 9.17) is 0 Å². The predicted octanol–water partition coefficient (Wildman–Crippen LogP) is 9.99. The molecule has 2 rings (SSSR count). The Morgan fingerprint density at radius 3 is 1.03 bits per heavy atom. The van der Waals surface area contributed by atoms with E-state index < -0.39 is 0 Å². The average Bonchev–Trinajstić information content (AvgIpc) is 3.26. The molecule has 1 aromatic rings. The van der Waals surface area contributed by atoms with E-state index in [2.05, 4.69) is 114 Å². The minimum atomic E-state index is 0.833. The highest BCUT2D eigenvalue weighted by molar-refractivity contribution is 4.87. The van der Waals surface area contributed by atoms with Gasteiger partial charge in [0.05, 0.1) is 6.33 Å². The molecule has 0 bridgehead atoms. The fourth-order valence-electron chi connectivity index (χ4n) is 3.44. The second-order valence-electron chi connectivity index (χ2n) is 12.2. The van der Waals surface area contributed by atoms with Crippen LogP contribution >= 0.6 is 0 Å². The maximum absolute atomic E-state index is 3.67. The largest absolute Gasteiger partial charge is 0.351 e. The summed E-state index contributed by atoms with van der Waals surface area (Å²) in [7, 11) is 0. The van der Waals surface area contributed by atoms with Crippen molar-refractivity contribution in [2.24, 2.45) is 53.3 Å². The molecule has 0 spiro atoms. The zero-order valence-corrected chi connectivity index (χ0v) is 24.3. The van der Waals surface area contributed by atoms with Crippen LogP contribution in [0, 0.1) is 53.3 Å². The average molecular weight is 439 g/mol. The van der Waals surface area contributed by atoms with Crippen LogP contribution < -0.4 is 0 Å². The van der Waals surface area contributed by atoms with Crippen molar-refractivity contribution in [3.63, 3.8) is 0 Å². The second-order valence-corrected chi connectivity index (χ2v) is 12.2. The van der Waals surface area contributed by atoms with Crippen LogP contribution in [-0.4, -0.2) is 9.97 Å². The van der Waals surface area contributed by atoms with Gasteiger partial charge in [0.2, 0.25) is 0 Å². The van der Waals surface area contributed by atoms with Gasteiger partial charge in [-0.15, -0.1) is 0 Å². The minimum Gasteiger partial charge on any atom is -0.351 e. The van der Waals surface area contributed by atoms with Gasteiger partial charge in [-0.2, -0.15) is 0 Å². The van der Waals surface area contributed by atoms with Crippen LogP contribution in [0.25, 0.3) is 0 Å². The summed E-state index contributed by atoms with van der Waals surface area (Å²) >= 11 is 0. The predicted molar refractivity (Wildman–Crippen MR) is 144 cm³/mol. The molecule has 1 aromatic heterocycles. The Morgan fingerprint density at radius 2 is 0.903 bits per heavy atom. The summed E-state index contributed by atoms with van der Waals surface area (Å²) in [5.74, 6) is 8.12. The molecule has 1 heterocycles. The molecule has 1 aliphatic carbocycles. The Kier molecular flexibility index (Phi) is 23.7. The topological polar surface area (TPSA) is 28.7 Å². The Labute approximate surface area is 198 Å². The van der Waals surface area contributed by atoms with E-state index in [9.17, 15) is 0 Å². The minimum absolute atomic E-state index is 0.833. The summed E-state index contributed by atoms with van der Waals surface area (Å²) in [5.41, 5.74) is 0. The van der Waals surface area contributed by atoms with Gasteiger partial charge >= 0.3 is 0 Å². The van der Waals surface area contributed by atoms with Gasteiger partial charge in [-0.3, -0.25) is 0 Å². The van der Waals surface area contributed by atoms with Crippen molar-refractivity contribution in [1.82, 2.24) is 9.97 Å². The highest BCUT2D eigenvalue weighted by Gasteiger charge is 2.38. The summed E-state index contributed by atoms with van der Waals surface area (Å²) < 4.78 is 0. The number of aromatic amines is 1. The Morgan fingerprint density at radius 1 is 0.581 bits per heavy atom. The maximum atomic E-state index is 3.67. The molecule has 188 valence electrons. The summed E-state index contributed by atoms with van der Waals surface area (Å²) in [6.45, 7) is 33.9. The third-order valence-electron chi connectivity index (χ3n) is 4.76. The Bertz CT molecular complexity index is 374. The van der Waals surface area contributed by atoms with Gasteiger partial charge in [0.1, 0.15) is 0 Å². The van der Waals surface area contributed by atoms with Crippen LogP contribution in [0.2, 0.25) is 0 Å². The van der Waals surface area contributed by atoms with Gasteiger partial charge < -0.3 is 4.98 Å². The lowest BCUT2D eigenvalue weighted by molar-refractivity contribution is 0.235. The number of H-pyrrole nitrogens is 1. The summed E-state index contributed by atoms with van der Waals surface area (Å²) in [6.07, 6.45) is 8.05. The lowest BCUT2D eigenvalue weighted by Crippen LogP contribution is -2.18. The van der Waals surface area contributed by atoms with E-state index in [1.807, 2.05) is 0 Å². The van der Waals surface area contributed by atoms with Gasteiger partial charge in [0.15, 0.2) is 0 Å². The molecule has 1 fully saturated rings. The fraction of sp³-hybridized carbons (Fsp3) is 0.897. The number of hydrogen-bond acceptors (Lipinski definition) is 1. The molecule has 1 N–H and O–H groups in total. The standard InChI is InChI=1S/C14H28.3C4H10.C3H4N2/c1-9(2)12-7-13(10(3)4)14(8-12)11(5)6;3*1-4(2)3;1-2-5-3-4-1/h9-14H,7-8H2,1-6H3;3*4H,1-3H3;1-3H,(H,4,5). The molecular formula is C29H62N2. The fourth-order valence-corrected chi connectivity index (χ4v) is 3.44. The van der Waals surface area contributed by atoms with E-state index in [0.717, 1.165) is 53.3 Å². The van der Waals surface area contributed by atoms with Crippen molar-refractivity contribution in [3.8, 4) is 0 Å². The molecule has 2 nitrogen and oxygen atoms in total. The zero-order chi connectivity index (χ0) is 25.1. The highest BCUT2D eigenvalue weighted by Crippen LogP contribution is 2.46. The molecule has 2 atom stereocenters. The smallest absolute Gasteiger partial charge is 0.0919 e. The summed E-state index contributed by atoms with van der Waals surface area (Å²) in [4.78, 5) is 6.42. The molecule has 31 heavy (non-hydrogen) atoms. The third-order valence-corrected chi connectivity index (χ3v) is 4.76. The van der Waals surface area contributed by atoms with Crippen molar-refractivity contribution >= 4 is 0 Å². The number of imidazole rings is 1. The first-order chi connectivity index (χ1) is 14.1. The van der Waals surface area contributed by atoms with Crippen LogP contribution in [0.3, 0.4) is 0 Å². The molecular weight excluding hydrogens is 376 g/mol. The molecule has 0 radical (unpaired) electrons. The first-order valence-electron chi connectivity index (χ1n) is 13.1. The first-order valence-corrected chi connectivity index (χ1v) is 13.1. The molecule has 2 heteroatoms. The lowest BCUT2D eigenvalue weighted by Gasteiger charge is -2.26. The second kappa shape index (κ2) is 21.1. The van der Waals surface area contributed by atoms with Crippen LogP contribution in [-0.2, 0) is 0 Å². The SMILES string of the molecule is CC(C)C.CC(C)C.CC(C)C.CC(C)C1CC(C(C)C)C(C(C)C)C1.c1c[nH]cn1. The van der Waals surface area contributed by atoms with E-state index in [-0.39, 0.29) is 0 Å². The van der Waals surface area contributed by atoms with Crippen molar-refractivity contribution in [1.29, 1.82) is 0 Å². The number of hydrogen-bond donors (Lipinski definition) is 1. The summed E-state index contributed by atoms with van der Waals surface area (Å²) in [6, 6.07) is 0. The Hall–Kier alpha value is -0.790. The molecule has 2 unspecified atom stereocenters. The molecule has 0 aromatic carbocycles. The molecule has 1 saturated carbocycles. The van der Waals surface area contributed by atoms with E-state index in [0.29, 0.717) is 0 Å². The van der Waals surface area contributed by atoms with Crippen LogP contribution in [0.1, 0.15) is 117 Å². The summed E-state index contributed by atoms with van der Waals surface area (Å²) in [5, 5.41) is 0. The van der Waals surface area contributed by atoms with Gasteiger partial charge in [-0.1, -0.05) is 104 Å². The number of nitrogens with one attached hydrogen (secondary N) is 1. The maximum Gasteiger partial charge on any atom is 0.0919 e. The molecule has 0 aliphatic heterocycles.